The molecule has 1 amide bonds. The van der Waals surface area contributed by atoms with Gasteiger partial charge in [0.1, 0.15) is 6.10 Å². The maximum absolute atomic E-state index is 10.7. The SMILES string of the molecule is Cc1c(Cl)nnc(N2CCC(OC(N)=O)CC2)c1C. The number of carbonyl (C=O) groups is 1. The van der Waals surface area contributed by atoms with Gasteiger partial charge in [0, 0.05) is 25.9 Å². The van der Waals surface area contributed by atoms with Crippen molar-refractivity contribution in [1.82, 2.24) is 10.2 Å². The van der Waals surface area contributed by atoms with Crippen molar-refractivity contribution in [3.63, 3.8) is 0 Å². The van der Waals surface area contributed by atoms with Crippen molar-refractivity contribution in [2.45, 2.75) is 32.8 Å². The fourth-order valence-electron chi connectivity index (χ4n) is 2.21. The van der Waals surface area contributed by atoms with Crippen LogP contribution in [0.5, 0.6) is 0 Å². The third-order valence-electron chi connectivity index (χ3n) is 3.46. The molecule has 0 bridgehead atoms. The lowest BCUT2D eigenvalue weighted by Crippen LogP contribution is -2.39. The Balaban J connectivity index is 2.06. The van der Waals surface area contributed by atoms with Gasteiger partial charge >= 0.3 is 6.09 Å². The van der Waals surface area contributed by atoms with E-state index in [9.17, 15) is 4.79 Å². The molecule has 19 heavy (non-hydrogen) atoms. The summed E-state index contributed by atoms with van der Waals surface area (Å²) in [5.41, 5.74) is 7.00. The predicted octanol–water partition coefficient (Wildman–Crippen LogP) is 1.81. The van der Waals surface area contributed by atoms with Crippen molar-refractivity contribution in [2.75, 3.05) is 18.0 Å². The summed E-state index contributed by atoms with van der Waals surface area (Å²) in [6.07, 6.45) is 0.671. The number of primary amides is 1. The van der Waals surface area contributed by atoms with Gasteiger partial charge in [-0.25, -0.2) is 4.79 Å². The molecule has 0 aliphatic carbocycles. The fraction of sp³-hybridized carbons (Fsp3) is 0.583. The number of piperidine rings is 1. The van der Waals surface area contributed by atoms with E-state index in [4.69, 9.17) is 22.1 Å². The number of nitrogens with two attached hydrogens (primary N) is 1. The molecule has 1 aromatic rings. The minimum Gasteiger partial charge on any atom is -0.446 e. The van der Waals surface area contributed by atoms with E-state index >= 15 is 0 Å². The number of aromatic nitrogens is 2. The average Bonchev–Trinajstić information content (AvgIpc) is 2.37. The van der Waals surface area contributed by atoms with Crippen LogP contribution in [0.1, 0.15) is 24.0 Å². The zero-order valence-corrected chi connectivity index (χ0v) is 11.8. The van der Waals surface area contributed by atoms with Gasteiger partial charge in [-0.1, -0.05) is 11.6 Å². The van der Waals surface area contributed by atoms with E-state index in [1.807, 2.05) is 13.8 Å². The first-order valence-corrected chi connectivity index (χ1v) is 6.57. The van der Waals surface area contributed by atoms with Crippen LogP contribution in [-0.4, -0.2) is 35.5 Å². The van der Waals surface area contributed by atoms with Crippen molar-refractivity contribution < 1.29 is 9.53 Å². The minimum absolute atomic E-state index is 0.101. The Labute approximate surface area is 116 Å². The minimum atomic E-state index is -0.711. The summed E-state index contributed by atoms with van der Waals surface area (Å²) >= 11 is 5.94. The second-order valence-corrected chi connectivity index (χ2v) is 5.05. The van der Waals surface area contributed by atoms with Gasteiger partial charge in [-0.3, -0.25) is 0 Å². The molecular weight excluding hydrogens is 268 g/mol. The van der Waals surface area contributed by atoms with E-state index in [0.717, 1.165) is 42.9 Å². The van der Waals surface area contributed by atoms with Gasteiger partial charge in [0.2, 0.25) is 0 Å². The smallest absolute Gasteiger partial charge is 0.404 e. The Morgan fingerprint density at radius 3 is 2.53 bits per heavy atom. The molecule has 7 heteroatoms. The van der Waals surface area contributed by atoms with Crippen LogP contribution >= 0.6 is 11.6 Å². The van der Waals surface area contributed by atoms with Gasteiger partial charge in [0.15, 0.2) is 11.0 Å². The summed E-state index contributed by atoms with van der Waals surface area (Å²) in [6.45, 7) is 5.43. The molecule has 2 heterocycles. The van der Waals surface area contributed by atoms with E-state index in [2.05, 4.69) is 15.1 Å². The molecule has 0 unspecified atom stereocenters. The Hall–Kier alpha value is -1.56. The molecule has 0 saturated carbocycles. The summed E-state index contributed by atoms with van der Waals surface area (Å²) in [5.74, 6) is 0.847. The zero-order chi connectivity index (χ0) is 14.0. The highest BCUT2D eigenvalue weighted by molar-refractivity contribution is 6.30. The molecule has 1 aliphatic rings. The van der Waals surface area contributed by atoms with Crippen molar-refractivity contribution in [2.24, 2.45) is 5.73 Å². The van der Waals surface area contributed by atoms with Crippen molar-refractivity contribution in [1.29, 1.82) is 0 Å². The molecule has 0 atom stereocenters. The summed E-state index contributed by atoms with van der Waals surface area (Å²) < 4.78 is 5.00. The molecule has 2 N–H and O–H groups in total. The first-order valence-electron chi connectivity index (χ1n) is 6.19. The van der Waals surface area contributed by atoms with E-state index in [0.29, 0.717) is 5.15 Å². The lowest BCUT2D eigenvalue weighted by Gasteiger charge is -2.32. The fourth-order valence-corrected chi connectivity index (χ4v) is 2.39. The first kappa shape index (κ1) is 13.9. The molecule has 1 saturated heterocycles. The second kappa shape index (κ2) is 5.61. The van der Waals surface area contributed by atoms with Gasteiger partial charge < -0.3 is 15.4 Å². The molecule has 1 aromatic heterocycles. The highest BCUT2D eigenvalue weighted by atomic mass is 35.5. The Bertz CT molecular complexity index is 487. The number of hydrogen-bond donors (Lipinski definition) is 1. The van der Waals surface area contributed by atoms with Crippen LogP contribution in [0.25, 0.3) is 0 Å². The molecule has 104 valence electrons. The third kappa shape index (κ3) is 3.07. The van der Waals surface area contributed by atoms with Gasteiger partial charge in [-0.05, 0) is 25.0 Å². The Morgan fingerprint density at radius 2 is 1.95 bits per heavy atom. The molecule has 0 spiro atoms. The summed E-state index contributed by atoms with van der Waals surface area (Å²) in [6, 6.07) is 0. The molecule has 6 nitrogen and oxygen atoms in total. The van der Waals surface area contributed by atoms with Crippen LogP contribution in [0.15, 0.2) is 0 Å². The predicted molar refractivity (Wildman–Crippen MR) is 72.4 cm³/mol. The molecule has 0 aromatic carbocycles. The molecule has 1 fully saturated rings. The topological polar surface area (TPSA) is 81.3 Å². The number of hydrogen-bond acceptors (Lipinski definition) is 5. The van der Waals surface area contributed by atoms with Crippen LogP contribution in [0.4, 0.5) is 10.6 Å². The monoisotopic (exact) mass is 284 g/mol. The summed E-state index contributed by atoms with van der Waals surface area (Å²) in [5, 5.41) is 8.55. The summed E-state index contributed by atoms with van der Waals surface area (Å²) in [4.78, 5) is 12.8. The third-order valence-corrected chi connectivity index (χ3v) is 3.82. The molecular formula is C12H17ClN4O2. The lowest BCUT2D eigenvalue weighted by atomic mass is 10.1. The van der Waals surface area contributed by atoms with E-state index in [-0.39, 0.29) is 6.10 Å². The average molecular weight is 285 g/mol. The second-order valence-electron chi connectivity index (χ2n) is 4.69. The standard InChI is InChI=1S/C12H17ClN4O2/c1-7-8(2)11(16-15-10(7)13)17-5-3-9(4-6-17)19-12(14)18/h9H,3-6H2,1-2H3,(H2,14,18). The normalized spacial score (nSPS) is 16.5. The number of halogens is 1. The van der Waals surface area contributed by atoms with Gasteiger partial charge in [0.05, 0.1) is 0 Å². The van der Waals surface area contributed by atoms with Gasteiger partial charge in [-0.2, -0.15) is 0 Å². The first-order chi connectivity index (χ1) is 8.99. The highest BCUT2D eigenvalue weighted by Gasteiger charge is 2.24. The zero-order valence-electron chi connectivity index (χ0n) is 11.0. The van der Waals surface area contributed by atoms with E-state index in [1.54, 1.807) is 0 Å². The van der Waals surface area contributed by atoms with E-state index < -0.39 is 6.09 Å². The number of amides is 1. The molecule has 0 radical (unpaired) electrons. The number of carbonyl (C=O) groups excluding carboxylic acids is 1. The lowest BCUT2D eigenvalue weighted by molar-refractivity contribution is 0.0911. The number of nitrogens with zero attached hydrogens (tertiary/aromatic N) is 3. The van der Waals surface area contributed by atoms with Crippen molar-refractivity contribution in [3.05, 3.63) is 16.3 Å². The Morgan fingerprint density at radius 1 is 1.32 bits per heavy atom. The molecule has 2 rings (SSSR count). The van der Waals surface area contributed by atoms with Gasteiger partial charge in [0.25, 0.3) is 0 Å². The van der Waals surface area contributed by atoms with E-state index in [1.165, 1.54) is 0 Å². The van der Waals surface area contributed by atoms with Crippen LogP contribution in [0.3, 0.4) is 0 Å². The molecule has 1 aliphatic heterocycles. The maximum atomic E-state index is 10.7. The summed E-state index contributed by atoms with van der Waals surface area (Å²) in [7, 11) is 0. The van der Waals surface area contributed by atoms with Crippen LogP contribution in [-0.2, 0) is 4.74 Å². The van der Waals surface area contributed by atoms with Crippen molar-refractivity contribution >= 4 is 23.5 Å². The highest BCUT2D eigenvalue weighted by Crippen LogP contribution is 2.26. The van der Waals surface area contributed by atoms with Crippen LogP contribution in [0, 0.1) is 13.8 Å². The number of ether oxygens (including phenoxy) is 1. The number of anilines is 1. The largest absolute Gasteiger partial charge is 0.446 e. The van der Waals surface area contributed by atoms with Crippen molar-refractivity contribution in [3.8, 4) is 0 Å². The van der Waals surface area contributed by atoms with Crippen LogP contribution < -0.4 is 10.6 Å². The van der Waals surface area contributed by atoms with Gasteiger partial charge in [-0.15, -0.1) is 10.2 Å². The van der Waals surface area contributed by atoms with Crippen LogP contribution in [0.2, 0.25) is 5.15 Å². The Kier molecular flexibility index (Phi) is 4.09. The maximum Gasteiger partial charge on any atom is 0.404 e. The number of rotatable bonds is 2. The quantitative estimate of drug-likeness (QED) is 0.896.